The van der Waals surface area contributed by atoms with Crippen LogP contribution in [0.4, 0.5) is 0 Å². The van der Waals surface area contributed by atoms with E-state index < -0.39 is 5.41 Å². The second-order valence-electron chi connectivity index (χ2n) is 4.57. The van der Waals surface area contributed by atoms with Crippen molar-refractivity contribution in [1.82, 2.24) is 4.98 Å². The zero-order valence-corrected chi connectivity index (χ0v) is 10.6. The topological polar surface area (TPSA) is 45.9 Å². The van der Waals surface area contributed by atoms with Gasteiger partial charge in [-0.15, -0.1) is 11.3 Å². The molecule has 2 aromatic rings. The molecule has 0 radical (unpaired) electrons. The van der Waals surface area contributed by atoms with Crippen molar-refractivity contribution in [3.8, 4) is 11.8 Å². The molecule has 0 fully saturated rings. The first-order valence-corrected chi connectivity index (χ1v) is 6.70. The number of fused-ring (bicyclic) bond motifs is 1. The van der Waals surface area contributed by atoms with Gasteiger partial charge in [0.25, 0.3) is 0 Å². The Morgan fingerprint density at radius 2 is 2.33 bits per heavy atom. The monoisotopic (exact) mass is 256 g/mol. The minimum absolute atomic E-state index is 0.445. The van der Waals surface area contributed by atoms with Crippen LogP contribution in [0.25, 0.3) is 0 Å². The molecule has 0 amide bonds. The number of nitrogens with zero attached hydrogens (tertiary/aromatic N) is 2. The molecule has 1 unspecified atom stereocenters. The molecule has 3 nitrogen and oxygen atoms in total. The van der Waals surface area contributed by atoms with E-state index in [2.05, 4.69) is 11.1 Å². The number of aromatic nitrogens is 1. The lowest BCUT2D eigenvalue weighted by Crippen LogP contribution is -2.35. The van der Waals surface area contributed by atoms with E-state index in [9.17, 15) is 5.26 Å². The number of ether oxygens (including phenoxy) is 1. The lowest BCUT2D eigenvalue weighted by molar-refractivity contribution is 0.169. The van der Waals surface area contributed by atoms with Gasteiger partial charge in [0.05, 0.1) is 11.1 Å². The molecule has 1 aliphatic rings. The van der Waals surface area contributed by atoms with Crippen molar-refractivity contribution in [2.75, 3.05) is 6.61 Å². The van der Waals surface area contributed by atoms with E-state index in [4.69, 9.17) is 4.74 Å². The zero-order chi connectivity index (χ0) is 12.4. The standard InChI is InChI=1S/C14H12N2OS/c15-9-14(8-13-16-5-6-18-13)7-11-3-1-2-4-12(11)17-10-14/h1-6H,7-8,10H2. The smallest absolute Gasteiger partial charge is 0.122 e. The fourth-order valence-electron chi connectivity index (χ4n) is 2.28. The molecule has 2 heterocycles. The fourth-order valence-corrected chi connectivity index (χ4v) is 3.04. The minimum Gasteiger partial charge on any atom is -0.492 e. The van der Waals surface area contributed by atoms with Crippen LogP contribution < -0.4 is 4.74 Å². The Kier molecular flexibility index (Phi) is 2.77. The molecule has 4 heteroatoms. The number of hydrogen-bond donors (Lipinski definition) is 0. The lowest BCUT2D eigenvalue weighted by atomic mass is 9.79. The number of rotatable bonds is 2. The van der Waals surface area contributed by atoms with E-state index in [0.717, 1.165) is 22.7 Å². The predicted octanol–water partition coefficient (Wildman–Crippen LogP) is 2.83. The molecule has 0 aliphatic carbocycles. The Labute approximate surface area is 110 Å². The molecular weight excluding hydrogens is 244 g/mol. The van der Waals surface area contributed by atoms with Crippen LogP contribution >= 0.6 is 11.3 Å². The van der Waals surface area contributed by atoms with Crippen molar-refractivity contribution in [2.45, 2.75) is 12.8 Å². The third kappa shape index (κ3) is 1.98. The average molecular weight is 256 g/mol. The average Bonchev–Trinajstić information content (AvgIpc) is 2.91. The maximum Gasteiger partial charge on any atom is 0.122 e. The Morgan fingerprint density at radius 1 is 1.44 bits per heavy atom. The van der Waals surface area contributed by atoms with Gasteiger partial charge in [0.1, 0.15) is 17.8 Å². The van der Waals surface area contributed by atoms with E-state index >= 15 is 0 Å². The molecule has 0 spiro atoms. The van der Waals surface area contributed by atoms with Gasteiger partial charge in [0.15, 0.2) is 0 Å². The Hall–Kier alpha value is -1.86. The molecule has 0 N–H and O–H groups in total. The van der Waals surface area contributed by atoms with Crippen LogP contribution in [0.5, 0.6) is 5.75 Å². The summed E-state index contributed by atoms with van der Waals surface area (Å²) in [6, 6.07) is 10.4. The maximum absolute atomic E-state index is 9.51. The minimum atomic E-state index is -0.480. The van der Waals surface area contributed by atoms with Gasteiger partial charge in [-0.1, -0.05) is 18.2 Å². The summed E-state index contributed by atoms with van der Waals surface area (Å²) in [4.78, 5) is 4.27. The van der Waals surface area contributed by atoms with Crippen LogP contribution in [-0.4, -0.2) is 11.6 Å². The number of hydrogen-bond acceptors (Lipinski definition) is 4. The Balaban J connectivity index is 1.89. The molecule has 3 rings (SSSR count). The molecule has 90 valence electrons. The highest BCUT2D eigenvalue weighted by Gasteiger charge is 2.37. The van der Waals surface area contributed by atoms with Gasteiger partial charge in [0, 0.05) is 18.0 Å². The van der Waals surface area contributed by atoms with E-state index in [-0.39, 0.29) is 0 Å². The summed E-state index contributed by atoms with van der Waals surface area (Å²) >= 11 is 1.59. The molecule has 0 bridgehead atoms. The summed E-state index contributed by atoms with van der Waals surface area (Å²) in [5.74, 6) is 0.905. The lowest BCUT2D eigenvalue weighted by Gasteiger charge is -2.31. The van der Waals surface area contributed by atoms with E-state index in [1.165, 1.54) is 0 Å². The largest absolute Gasteiger partial charge is 0.492 e. The SMILES string of the molecule is N#CC1(Cc2nccs2)COc2ccccc2C1. The first-order chi connectivity index (χ1) is 8.81. The molecular formula is C14H12N2OS. The number of para-hydroxylation sites is 1. The van der Waals surface area contributed by atoms with Gasteiger partial charge >= 0.3 is 0 Å². The van der Waals surface area contributed by atoms with E-state index in [1.807, 2.05) is 29.6 Å². The van der Waals surface area contributed by atoms with Gasteiger partial charge in [-0.2, -0.15) is 5.26 Å². The maximum atomic E-state index is 9.51. The molecule has 1 atom stereocenters. The van der Waals surface area contributed by atoms with Crippen LogP contribution in [0.2, 0.25) is 0 Å². The summed E-state index contributed by atoms with van der Waals surface area (Å²) in [6.45, 7) is 0.445. The number of thiazole rings is 1. The first kappa shape index (κ1) is 11.2. The van der Waals surface area contributed by atoms with Gasteiger partial charge in [-0.3, -0.25) is 0 Å². The van der Waals surface area contributed by atoms with Gasteiger partial charge in [-0.05, 0) is 18.1 Å². The molecule has 1 aromatic heterocycles. The quantitative estimate of drug-likeness (QED) is 0.830. The molecule has 1 aliphatic heterocycles. The normalized spacial score (nSPS) is 21.7. The van der Waals surface area contributed by atoms with Crippen LogP contribution in [0.3, 0.4) is 0 Å². The second-order valence-corrected chi connectivity index (χ2v) is 5.55. The third-order valence-electron chi connectivity index (χ3n) is 3.22. The summed E-state index contributed by atoms with van der Waals surface area (Å²) in [5, 5.41) is 12.5. The summed E-state index contributed by atoms with van der Waals surface area (Å²) in [7, 11) is 0. The Morgan fingerprint density at radius 3 is 3.11 bits per heavy atom. The van der Waals surface area contributed by atoms with E-state index in [1.54, 1.807) is 17.5 Å². The summed E-state index contributed by atoms with van der Waals surface area (Å²) in [5.41, 5.74) is 0.633. The molecule has 0 saturated carbocycles. The molecule has 1 aromatic carbocycles. The van der Waals surface area contributed by atoms with Gasteiger partial charge in [0.2, 0.25) is 0 Å². The molecule has 0 saturated heterocycles. The zero-order valence-electron chi connectivity index (χ0n) is 9.80. The highest BCUT2D eigenvalue weighted by molar-refractivity contribution is 7.09. The second kappa shape index (κ2) is 4.43. The van der Waals surface area contributed by atoms with Crippen LogP contribution in [0.1, 0.15) is 10.6 Å². The fraction of sp³-hybridized carbons (Fsp3) is 0.286. The van der Waals surface area contributed by atoms with Crippen molar-refractivity contribution < 1.29 is 4.74 Å². The van der Waals surface area contributed by atoms with E-state index in [0.29, 0.717) is 13.0 Å². The van der Waals surface area contributed by atoms with Crippen molar-refractivity contribution in [2.24, 2.45) is 5.41 Å². The van der Waals surface area contributed by atoms with Crippen molar-refractivity contribution in [1.29, 1.82) is 5.26 Å². The summed E-state index contributed by atoms with van der Waals surface area (Å²) < 4.78 is 5.73. The van der Waals surface area contributed by atoms with Crippen molar-refractivity contribution in [3.63, 3.8) is 0 Å². The van der Waals surface area contributed by atoms with Crippen LogP contribution in [0, 0.1) is 16.7 Å². The van der Waals surface area contributed by atoms with Gasteiger partial charge < -0.3 is 4.74 Å². The highest BCUT2D eigenvalue weighted by atomic mass is 32.1. The first-order valence-electron chi connectivity index (χ1n) is 5.82. The number of nitriles is 1. The van der Waals surface area contributed by atoms with Crippen LogP contribution in [0.15, 0.2) is 35.8 Å². The number of benzene rings is 1. The van der Waals surface area contributed by atoms with Crippen molar-refractivity contribution in [3.05, 3.63) is 46.4 Å². The third-order valence-corrected chi connectivity index (χ3v) is 4.00. The summed E-state index contributed by atoms with van der Waals surface area (Å²) in [6.07, 6.45) is 3.18. The van der Waals surface area contributed by atoms with Crippen LogP contribution in [-0.2, 0) is 12.8 Å². The van der Waals surface area contributed by atoms with Crippen molar-refractivity contribution >= 4 is 11.3 Å². The Bertz CT molecular complexity index is 588. The molecule has 18 heavy (non-hydrogen) atoms. The highest BCUT2D eigenvalue weighted by Crippen LogP contribution is 2.36. The van der Waals surface area contributed by atoms with Gasteiger partial charge in [-0.25, -0.2) is 4.98 Å². The predicted molar refractivity (Wildman–Crippen MR) is 69.5 cm³/mol.